The molecule has 0 amide bonds. The molecule has 0 aliphatic carbocycles. The Morgan fingerprint density at radius 3 is 2.42 bits per heavy atom. The monoisotopic (exact) mass is 259 g/mol. The molecule has 0 aliphatic heterocycles. The summed E-state index contributed by atoms with van der Waals surface area (Å²) in [5.41, 5.74) is 0.932. The lowest BCUT2D eigenvalue weighted by atomic mass is 10.1. The Morgan fingerprint density at radius 1 is 1.00 bits per heavy atom. The summed E-state index contributed by atoms with van der Waals surface area (Å²) in [6.45, 7) is 0. The van der Waals surface area contributed by atoms with Crippen LogP contribution in [0.1, 0.15) is 10.4 Å². The second-order valence-electron chi connectivity index (χ2n) is 3.84. The number of carbonyl (C=O) groups excluding carboxylic acids is 1. The Balaban J connectivity index is 2.00. The van der Waals surface area contributed by atoms with Crippen LogP contribution >= 0.6 is 0 Å². The minimum Gasteiger partial charge on any atom is -0.361 e. The van der Waals surface area contributed by atoms with Crippen molar-refractivity contribution in [3.63, 3.8) is 0 Å². The average Bonchev–Trinajstić information content (AvgIpc) is 2.43. The number of hydrogen-bond acceptors (Lipinski definition) is 2. The van der Waals surface area contributed by atoms with Gasteiger partial charge in [-0.2, -0.15) is 0 Å². The molecule has 0 unspecified atom stereocenters. The van der Waals surface area contributed by atoms with Crippen molar-refractivity contribution in [3.05, 3.63) is 78.0 Å². The van der Waals surface area contributed by atoms with Gasteiger partial charge in [0.2, 0.25) is 0 Å². The Hall–Kier alpha value is -2.49. The van der Waals surface area contributed by atoms with E-state index in [9.17, 15) is 13.6 Å². The Kier molecular flexibility index (Phi) is 4.03. The number of allylic oxidation sites excluding steroid dienone is 1. The number of halogens is 2. The molecule has 0 fully saturated rings. The van der Waals surface area contributed by atoms with Gasteiger partial charge in [0.05, 0.1) is 0 Å². The fourth-order valence-corrected chi connectivity index (χ4v) is 1.50. The summed E-state index contributed by atoms with van der Waals surface area (Å²) in [4.78, 5) is 11.7. The van der Waals surface area contributed by atoms with Gasteiger partial charge >= 0.3 is 0 Å². The van der Waals surface area contributed by atoms with Gasteiger partial charge in [-0.25, -0.2) is 8.78 Å². The molecule has 19 heavy (non-hydrogen) atoms. The van der Waals surface area contributed by atoms with Gasteiger partial charge in [-0.15, -0.1) is 0 Å². The first-order chi connectivity index (χ1) is 9.16. The van der Waals surface area contributed by atoms with Gasteiger partial charge in [0.1, 0.15) is 0 Å². The van der Waals surface area contributed by atoms with Crippen LogP contribution in [0.5, 0.6) is 0 Å². The molecule has 4 heteroatoms. The van der Waals surface area contributed by atoms with Gasteiger partial charge in [-0.1, -0.05) is 30.3 Å². The highest BCUT2D eigenvalue weighted by molar-refractivity contribution is 6.04. The van der Waals surface area contributed by atoms with Crippen LogP contribution in [0.2, 0.25) is 0 Å². The van der Waals surface area contributed by atoms with Crippen molar-refractivity contribution in [3.8, 4) is 0 Å². The predicted octanol–water partition coefficient (Wildman–Crippen LogP) is 3.77. The molecule has 2 nitrogen and oxygen atoms in total. The van der Waals surface area contributed by atoms with Crippen LogP contribution in [0.25, 0.3) is 0 Å². The highest BCUT2D eigenvalue weighted by atomic mass is 19.2. The van der Waals surface area contributed by atoms with E-state index in [0.29, 0.717) is 11.3 Å². The third-order valence-corrected chi connectivity index (χ3v) is 2.46. The molecule has 2 rings (SSSR count). The highest BCUT2D eigenvalue weighted by Crippen LogP contribution is 2.13. The number of rotatable bonds is 4. The lowest BCUT2D eigenvalue weighted by Crippen LogP contribution is -1.96. The first-order valence-corrected chi connectivity index (χ1v) is 5.64. The molecule has 96 valence electrons. The van der Waals surface area contributed by atoms with Crippen LogP contribution in [0.3, 0.4) is 0 Å². The van der Waals surface area contributed by atoms with E-state index in [1.165, 1.54) is 18.3 Å². The molecular formula is C15H11F2NO. The number of ketones is 1. The first-order valence-electron chi connectivity index (χ1n) is 5.64. The maximum atomic E-state index is 12.9. The molecule has 0 heterocycles. The largest absolute Gasteiger partial charge is 0.361 e. The molecule has 0 radical (unpaired) electrons. The second-order valence-corrected chi connectivity index (χ2v) is 3.84. The van der Waals surface area contributed by atoms with Crippen LogP contribution in [-0.2, 0) is 0 Å². The van der Waals surface area contributed by atoms with Crippen LogP contribution in [0.15, 0.2) is 60.8 Å². The number of anilines is 1. The smallest absolute Gasteiger partial charge is 0.187 e. The Labute approximate surface area is 109 Å². The summed E-state index contributed by atoms with van der Waals surface area (Å²) in [7, 11) is 0. The third-order valence-electron chi connectivity index (χ3n) is 2.46. The molecule has 0 atom stereocenters. The van der Waals surface area contributed by atoms with E-state index in [2.05, 4.69) is 5.32 Å². The van der Waals surface area contributed by atoms with Gasteiger partial charge in [-0.05, 0) is 12.1 Å². The zero-order valence-corrected chi connectivity index (χ0v) is 9.94. The van der Waals surface area contributed by atoms with E-state index in [1.807, 2.05) is 6.07 Å². The molecule has 0 saturated heterocycles. The summed E-state index contributed by atoms with van der Waals surface area (Å²) in [5, 5.41) is 2.71. The van der Waals surface area contributed by atoms with E-state index >= 15 is 0 Å². The molecule has 2 aromatic rings. The fraction of sp³-hybridized carbons (Fsp3) is 0. The number of hydrogen-bond donors (Lipinski definition) is 1. The standard InChI is InChI=1S/C15H11F2NO/c16-13-7-6-12(10-14(13)17)18-9-8-15(19)11-4-2-1-3-5-11/h1-10,18H/b9-8-. The van der Waals surface area contributed by atoms with E-state index in [1.54, 1.807) is 24.3 Å². The van der Waals surface area contributed by atoms with Crippen molar-refractivity contribution in [2.75, 3.05) is 5.32 Å². The lowest BCUT2D eigenvalue weighted by Gasteiger charge is -2.01. The SMILES string of the molecule is O=C(/C=C\Nc1ccc(F)c(F)c1)c1ccccc1. The van der Waals surface area contributed by atoms with Gasteiger partial charge in [0.25, 0.3) is 0 Å². The molecule has 0 bridgehead atoms. The Bertz CT molecular complexity index is 609. The van der Waals surface area contributed by atoms with E-state index in [0.717, 1.165) is 12.1 Å². The number of carbonyl (C=O) groups is 1. The average molecular weight is 259 g/mol. The molecule has 0 aliphatic rings. The topological polar surface area (TPSA) is 29.1 Å². The van der Waals surface area contributed by atoms with Crippen molar-refractivity contribution >= 4 is 11.5 Å². The summed E-state index contributed by atoms with van der Waals surface area (Å²) in [6, 6.07) is 12.2. The van der Waals surface area contributed by atoms with Crippen LogP contribution in [0, 0.1) is 11.6 Å². The maximum Gasteiger partial charge on any atom is 0.187 e. The molecular weight excluding hydrogens is 248 g/mol. The molecule has 0 aromatic heterocycles. The first kappa shape index (κ1) is 13.0. The van der Waals surface area contributed by atoms with E-state index in [-0.39, 0.29) is 5.78 Å². The van der Waals surface area contributed by atoms with Gasteiger partial charge in [0, 0.05) is 29.6 Å². The summed E-state index contributed by atoms with van der Waals surface area (Å²) in [6.07, 6.45) is 2.72. The quantitative estimate of drug-likeness (QED) is 0.669. The lowest BCUT2D eigenvalue weighted by molar-refractivity contribution is 0.104. The zero-order valence-electron chi connectivity index (χ0n) is 9.94. The van der Waals surface area contributed by atoms with E-state index < -0.39 is 11.6 Å². The van der Waals surface area contributed by atoms with Crippen LogP contribution in [0.4, 0.5) is 14.5 Å². The van der Waals surface area contributed by atoms with Crippen LogP contribution < -0.4 is 5.32 Å². The summed E-state index contributed by atoms with van der Waals surface area (Å²) < 4.78 is 25.6. The van der Waals surface area contributed by atoms with Crippen LogP contribution in [-0.4, -0.2) is 5.78 Å². The normalized spacial score (nSPS) is 10.6. The molecule has 2 aromatic carbocycles. The van der Waals surface area contributed by atoms with Gasteiger partial charge < -0.3 is 5.32 Å². The maximum absolute atomic E-state index is 12.9. The minimum atomic E-state index is -0.937. The fourth-order valence-electron chi connectivity index (χ4n) is 1.50. The van der Waals surface area contributed by atoms with Gasteiger partial charge in [0.15, 0.2) is 17.4 Å². The Morgan fingerprint density at radius 2 is 1.74 bits per heavy atom. The summed E-state index contributed by atoms with van der Waals surface area (Å²) in [5.74, 6) is -2.02. The summed E-state index contributed by atoms with van der Waals surface area (Å²) >= 11 is 0. The predicted molar refractivity (Wildman–Crippen MR) is 69.9 cm³/mol. The van der Waals surface area contributed by atoms with Crippen molar-refractivity contribution in [2.24, 2.45) is 0 Å². The highest BCUT2D eigenvalue weighted by Gasteiger charge is 2.01. The zero-order chi connectivity index (χ0) is 13.7. The molecule has 0 spiro atoms. The third kappa shape index (κ3) is 3.48. The van der Waals surface area contributed by atoms with Gasteiger partial charge in [-0.3, -0.25) is 4.79 Å². The molecule has 0 saturated carbocycles. The molecule has 1 N–H and O–H groups in total. The second kappa shape index (κ2) is 5.91. The van der Waals surface area contributed by atoms with Crippen molar-refractivity contribution in [2.45, 2.75) is 0 Å². The number of nitrogens with one attached hydrogen (secondary N) is 1. The van der Waals surface area contributed by atoms with Crippen molar-refractivity contribution < 1.29 is 13.6 Å². The number of benzene rings is 2. The van der Waals surface area contributed by atoms with Crippen molar-refractivity contribution in [1.29, 1.82) is 0 Å². The van der Waals surface area contributed by atoms with E-state index in [4.69, 9.17) is 0 Å². The van der Waals surface area contributed by atoms with Crippen molar-refractivity contribution in [1.82, 2.24) is 0 Å². The minimum absolute atomic E-state index is 0.171.